The molecule has 0 atom stereocenters. The Kier molecular flexibility index (Phi) is 20.3. The third kappa shape index (κ3) is 19.2. The second kappa shape index (κ2) is 22.4. The molecule has 10 nitrogen and oxygen atoms in total. The molecule has 11 heteroatoms. The number of alkyl carbamates (subject to hydrolysis) is 1. The molecule has 0 radical (unpaired) electrons. The Morgan fingerprint density at radius 3 is 1.62 bits per heavy atom. The van der Waals surface area contributed by atoms with Crippen LogP contribution in [0.3, 0.4) is 0 Å². The van der Waals surface area contributed by atoms with Crippen LogP contribution in [-0.2, 0) is 33.2 Å². The summed E-state index contributed by atoms with van der Waals surface area (Å²) in [4.78, 5) is 23.0. The zero-order valence-electron chi connectivity index (χ0n) is 20.6. The van der Waals surface area contributed by atoms with Gasteiger partial charge in [0.1, 0.15) is 6.10 Å². The predicted octanol–water partition coefficient (Wildman–Crippen LogP) is 1.95. The lowest BCUT2D eigenvalue weighted by atomic mass is 9.97. The molecule has 200 valence electrons. The molecule has 1 aliphatic carbocycles. The normalized spacial score (nSPS) is 17.9. The number of nitrogens with one attached hydrogen (secondary N) is 2. The summed E-state index contributed by atoms with van der Waals surface area (Å²) >= 11 is 4.44. The molecule has 1 saturated carbocycles. The summed E-state index contributed by atoms with van der Waals surface area (Å²) in [5.41, 5.74) is 0. The molecular formula is C23H44N2O8S. The SMILES string of the molecule is CCCC(=O)NCCOCCOCCOCCOCCOCCNC(=O)OC1CCC(S)CC1. The molecule has 0 aliphatic heterocycles. The molecule has 34 heavy (non-hydrogen) atoms. The van der Waals surface area contributed by atoms with Gasteiger partial charge < -0.3 is 39.1 Å². The Labute approximate surface area is 209 Å². The van der Waals surface area contributed by atoms with Crippen LogP contribution in [0.5, 0.6) is 0 Å². The molecule has 1 fully saturated rings. The van der Waals surface area contributed by atoms with Crippen molar-refractivity contribution in [2.45, 2.75) is 56.8 Å². The Morgan fingerprint density at radius 1 is 0.706 bits per heavy atom. The molecule has 2 amide bonds. The van der Waals surface area contributed by atoms with Crippen LogP contribution < -0.4 is 10.6 Å². The van der Waals surface area contributed by atoms with Crippen LogP contribution in [0.1, 0.15) is 45.4 Å². The second-order valence-electron chi connectivity index (χ2n) is 7.92. The number of ether oxygens (including phenoxy) is 6. The minimum atomic E-state index is -0.385. The van der Waals surface area contributed by atoms with Gasteiger partial charge in [-0.15, -0.1) is 0 Å². The van der Waals surface area contributed by atoms with Crippen LogP contribution >= 0.6 is 12.6 Å². The standard InChI is InChI=1S/C23H44N2O8S/c1-2-3-22(26)24-8-10-28-12-14-30-16-18-32-19-17-31-15-13-29-11-9-25-23(27)33-20-4-6-21(34)7-5-20/h20-21,34H,2-19H2,1H3,(H,24,26)(H,25,27). The van der Waals surface area contributed by atoms with E-state index in [9.17, 15) is 9.59 Å². The van der Waals surface area contributed by atoms with Gasteiger partial charge in [-0.1, -0.05) is 6.92 Å². The van der Waals surface area contributed by atoms with Crippen molar-refractivity contribution in [3.05, 3.63) is 0 Å². The van der Waals surface area contributed by atoms with E-state index in [1.165, 1.54) is 0 Å². The number of amides is 2. The van der Waals surface area contributed by atoms with Crippen molar-refractivity contribution in [2.24, 2.45) is 0 Å². The lowest BCUT2D eigenvalue weighted by Crippen LogP contribution is -2.33. The van der Waals surface area contributed by atoms with Crippen molar-refractivity contribution in [3.63, 3.8) is 0 Å². The van der Waals surface area contributed by atoms with Crippen molar-refractivity contribution < 1.29 is 38.0 Å². The van der Waals surface area contributed by atoms with Crippen LogP contribution in [0.2, 0.25) is 0 Å². The van der Waals surface area contributed by atoms with Gasteiger partial charge in [-0.3, -0.25) is 4.79 Å². The average molecular weight is 509 g/mol. The zero-order chi connectivity index (χ0) is 24.7. The Morgan fingerprint density at radius 2 is 1.15 bits per heavy atom. The summed E-state index contributed by atoms with van der Waals surface area (Å²) < 4.78 is 32.4. The van der Waals surface area contributed by atoms with Crippen molar-refractivity contribution in [2.75, 3.05) is 79.2 Å². The lowest BCUT2D eigenvalue weighted by molar-refractivity contribution is -0.121. The van der Waals surface area contributed by atoms with Crippen molar-refractivity contribution in [3.8, 4) is 0 Å². The van der Waals surface area contributed by atoms with E-state index in [1.807, 2.05) is 6.92 Å². The first-order valence-corrected chi connectivity index (χ1v) is 12.9. The highest BCUT2D eigenvalue weighted by molar-refractivity contribution is 7.80. The number of hydrogen-bond donors (Lipinski definition) is 3. The van der Waals surface area contributed by atoms with Crippen molar-refractivity contribution >= 4 is 24.6 Å². The van der Waals surface area contributed by atoms with Crippen molar-refractivity contribution in [1.82, 2.24) is 10.6 Å². The van der Waals surface area contributed by atoms with Gasteiger partial charge in [-0.2, -0.15) is 12.6 Å². The first kappa shape index (κ1) is 30.9. The third-order valence-corrected chi connectivity index (χ3v) is 5.48. The van der Waals surface area contributed by atoms with E-state index in [1.54, 1.807) is 0 Å². The second-order valence-corrected chi connectivity index (χ2v) is 8.65. The number of carbonyl (C=O) groups is 2. The summed E-state index contributed by atoms with van der Waals surface area (Å²) in [6.45, 7) is 7.64. The maximum absolute atomic E-state index is 11.7. The summed E-state index contributed by atoms with van der Waals surface area (Å²) in [5, 5.41) is 5.92. The highest BCUT2D eigenvalue weighted by Crippen LogP contribution is 2.24. The van der Waals surface area contributed by atoms with E-state index in [2.05, 4.69) is 23.3 Å². The summed E-state index contributed by atoms with van der Waals surface area (Å²) in [5.74, 6) is 0.0599. The van der Waals surface area contributed by atoms with Gasteiger partial charge in [-0.25, -0.2) is 4.79 Å². The van der Waals surface area contributed by atoms with Crippen LogP contribution in [0.15, 0.2) is 0 Å². The Hall–Kier alpha value is -1.11. The fraction of sp³-hybridized carbons (Fsp3) is 0.913. The van der Waals surface area contributed by atoms with Gasteiger partial charge in [-0.05, 0) is 32.1 Å². The molecule has 0 heterocycles. The molecule has 0 unspecified atom stereocenters. The fourth-order valence-corrected chi connectivity index (χ4v) is 3.44. The molecular weight excluding hydrogens is 464 g/mol. The van der Waals surface area contributed by atoms with E-state index in [0.717, 1.165) is 32.1 Å². The van der Waals surface area contributed by atoms with E-state index in [0.29, 0.717) is 90.8 Å². The first-order valence-electron chi connectivity index (χ1n) is 12.4. The number of hydrogen-bond acceptors (Lipinski definition) is 9. The van der Waals surface area contributed by atoms with Crippen LogP contribution in [0.4, 0.5) is 4.79 Å². The Balaban J connectivity index is 1.71. The molecule has 1 aliphatic rings. The lowest BCUT2D eigenvalue weighted by Gasteiger charge is -2.25. The summed E-state index contributed by atoms with van der Waals surface area (Å²) in [6.07, 6.45) is 4.75. The van der Waals surface area contributed by atoms with Gasteiger partial charge in [0.2, 0.25) is 5.91 Å². The zero-order valence-corrected chi connectivity index (χ0v) is 21.5. The fourth-order valence-electron chi connectivity index (χ4n) is 3.14. The molecule has 0 aromatic heterocycles. The first-order chi connectivity index (χ1) is 16.6. The molecule has 0 aromatic rings. The maximum Gasteiger partial charge on any atom is 0.407 e. The van der Waals surface area contributed by atoms with Gasteiger partial charge in [0.25, 0.3) is 0 Å². The molecule has 0 spiro atoms. The number of thiol groups is 1. The molecule has 0 bridgehead atoms. The monoisotopic (exact) mass is 508 g/mol. The van der Waals surface area contributed by atoms with E-state index in [4.69, 9.17) is 28.4 Å². The highest BCUT2D eigenvalue weighted by Gasteiger charge is 2.21. The van der Waals surface area contributed by atoms with Crippen LogP contribution in [-0.4, -0.2) is 103 Å². The topological polar surface area (TPSA) is 114 Å². The summed E-state index contributed by atoms with van der Waals surface area (Å²) in [7, 11) is 0. The minimum absolute atomic E-state index is 0.00206. The van der Waals surface area contributed by atoms with E-state index < -0.39 is 0 Å². The van der Waals surface area contributed by atoms with E-state index in [-0.39, 0.29) is 18.1 Å². The molecule has 2 N–H and O–H groups in total. The minimum Gasteiger partial charge on any atom is -0.446 e. The number of carbonyl (C=O) groups excluding carboxylic acids is 2. The average Bonchev–Trinajstić information content (AvgIpc) is 2.82. The van der Waals surface area contributed by atoms with Crippen molar-refractivity contribution in [1.29, 1.82) is 0 Å². The Bertz CT molecular complexity index is 507. The smallest absolute Gasteiger partial charge is 0.407 e. The van der Waals surface area contributed by atoms with Gasteiger partial charge >= 0.3 is 6.09 Å². The molecule has 0 aromatic carbocycles. The molecule has 1 rings (SSSR count). The van der Waals surface area contributed by atoms with Crippen LogP contribution in [0.25, 0.3) is 0 Å². The van der Waals surface area contributed by atoms with Gasteiger partial charge in [0, 0.05) is 24.8 Å². The third-order valence-electron chi connectivity index (χ3n) is 4.97. The number of rotatable bonds is 21. The maximum atomic E-state index is 11.7. The van der Waals surface area contributed by atoms with Gasteiger partial charge in [0.05, 0.1) is 66.1 Å². The quantitative estimate of drug-likeness (QED) is 0.159. The van der Waals surface area contributed by atoms with E-state index >= 15 is 0 Å². The summed E-state index contributed by atoms with van der Waals surface area (Å²) in [6, 6.07) is 0. The largest absolute Gasteiger partial charge is 0.446 e. The molecule has 0 saturated heterocycles. The highest BCUT2D eigenvalue weighted by atomic mass is 32.1. The van der Waals surface area contributed by atoms with Gasteiger partial charge in [0.15, 0.2) is 0 Å². The van der Waals surface area contributed by atoms with Crippen LogP contribution in [0, 0.1) is 0 Å². The predicted molar refractivity (Wildman–Crippen MR) is 132 cm³/mol.